The van der Waals surface area contributed by atoms with Gasteiger partial charge in [0.1, 0.15) is 0 Å². The molecule has 6 heteroatoms. The van der Waals surface area contributed by atoms with Crippen molar-refractivity contribution < 1.29 is 4.79 Å². The first kappa shape index (κ1) is 18.2. The molecule has 1 amide bonds. The minimum absolute atomic E-state index is 0.0873. The van der Waals surface area contributed by atoms with Crippen molar-refractivity contribution in [1.29, 1.82) is 0 Å². The molecule has 0 aliphatic carbocycles. The summed E-state index contributed by atoms with van der Waals surface area (Å²) in [6.07, 6.45) is 6.09. The van der Waals surface area contributed by atoms with Crippen LogP contribution in [-0.4, -0.2) is 64.3 Å². The van der Waals surface area contributed by atoms with Crippen LogP contribution < -0.4 is 5.32 Å². The maximum Gasteiger partial charge on any atom is 0.241 e. The Labute approximate surface area is 161 Å². The highest BCUT2D eigenvalue weighted by molar-refractivity contribution is 5.82. The van der Waals surface area contributed by atoms with Gasteiger partial charge in [0.2, 0.25) is 5.91 Å². The molecule has 2 fully saturated rings. The molecule has 2 aliphatic heterocycles. The zero-order chi connectivity index (χ0) is 18.8. The molecule has 144 valence electrons. The van der Waals surface area contributed by atoms with Crippen LogP contribution in [0.1, 0.15) is 29.5 Å². The zero-order valence-corrected chi connectivity index (χ0v) is 16.3. The zero-order valence-electron chi connectivity index (χ0n) is 16.3. The van der Waals surface area contributed by atoms with Gasteiger partial charge in [-0.15, -0.1) is 0 Å². The molecule has 1 aromatic heterocycles. The molecule has 1 N–H and O–H groups in total. The maximum absolute atomic E-state index is 12.8. The molecule has 2 saturated heterocycles. The van der Waals surface area contributed by atoms with Gasteiger partial charge in [0.15, 0.2) is 0 Å². The number of piperazine rings is 1. The number of carbonyl (C=O) groups is 1. The topological polar surface area (TPSA) is 53.4 Å². The lowest BCUT2D eigenvalue weighted by Gasteiger charge is -2.35. The van der Waals surface area contributed by atoms with Gasteiger partial charge in [0, 0.05) is 51.7 Å². The summed E-state index contributed by atoms with van der Waals surface area (Å²) < 4.78 is 1.95. The van der Waals surface area contributed by atoms with Crippen LogP contribution in [0.15, 0.2) is 30.6 Å². The lowest BCUT2D eigenvalue weighted by molar-refractivity contribution is -0.133. The smallest absolute Gasteiger partial charge is 0.241 e. The Kier molecular flexibility index (Phi) is 5.27. The number of nitrogens with one attached hydrogen (secondary N) is 1. The number of aromatic nitrogens is 2. The van der Waals surface area contributed by atoms with Crippen LogP contribution in [0.25, 0.3) is 5.69 Å². The number of likely N-dealkylation sites (tertiary alicyclic amines) is 1. The van der Waals surface area contributed by atoms with Crippen molar-refractivity contribution in [3.05, 3.63) is 47.3 Å². The quantitative estimate of drug-likeness (QED) is 0.897. The van der Waals surface area contributed by atoms with E-state index in [9.17, 15) is 4.79 Å². The van der Waals surface area contributed by atoms with E-state index in [1.54, 1.807) is 0 Å². The van der Waals surface area contributed by atoms with Gasteiger partial charge in [-0.2, -0.15) is 5.10 Å². The molecular formula is C21H29N5O. The van der Waals surface area contributed by atoms with Crippen molar-refractivity contribution in [3.8, 4) is 5.69 Å². The second kappa shape index (κ2) is 7.82. The van der Waals surface area contributed by atoms with Crippen molar-refractivity contribution in [2.75, 3.05) is 32.7 Å². The number of nitrogens with zero attached hydrogens (tertiary/aromatic N) is 4. The molecule has 1 unspecified atom stereocenters. The number of hydrogen-bond donors (Lipinski definition) is 1. The SMILES string of the molecule is Cc1cc(C)c(CN2CCNC(C(=O)N3CCCC3)C2)c(-n2cccn2)c1. The highest BCUT2D eigenvalue weighted by Gasteiger charge is 2.30. The fraction of sp³-hybridized carbons (Fsp3) is 0.524. The highest BCUT2D eigenvalue weighted by atomic mass is 16.2. The highest BCUT2D eigenvalue weighted by Crippen LogP contribution is 2.23. The van der Waals surface area contributed by atoms with Crippen molar-refractivity contribution in [2.45, 2.75) is 39.3 Å². The van der Waals surface area contributed by atoms with Gasteiger partial charge in [-0.3, -0.25) is 9.69 Å². The van der Waals surface area contributed by atoms with Crippen LogP contribution in [-0.2, 0) is 11.3 Å². The maximum atomic E-state index is 12.8. The lowest BCUT2D eigenvalue weighted by atomic mass is 10.0. The third-order valence-electron chi connectivity index (χ3n) is 5.70. The summed E-state index contributed by atoms with van der Waals surface area (Å²) >= 11 is 0. The molecule has 1 aromatic carbocycles. The summed E-state index contributed by atoms with van der Waals surface area (Å²) in [4.78, 5) is 17.2. The normalized spacial score (nSPS) is 21.0. The molecule has 1 atom stereocenters. The lowest BCUT2D eigenvalue weighted by Crippen LogP contribution is -2.57. The number of amides is 1. The standard InChI is InChI=1S/C21H29N5O/c1-16-12-17(2)18(20(13-16)26-10-5-6-23-26)14-24-11-7-22-19(15-24)21(27)25-8-3-4-9-25/h5-6,10,12-13,19,22H,3-4,7-9,11,14-15H2,1-2H3. The van der Waals surface area contributed by atoms with E-state index >= 15 is 0 Å². The summed E-state index contributed by atoms with van der Waals surface area (Å²) in [5, 5.41) is 7.87. The average Bonchev–Trinajstić information content (AvgIpc) is 3.37. The second-order valence-corrected chi connectivity index (χ2v) is 7.80. The number of benzene rings is 1. The first-order valence-electron chi connectivity index (χ1n) is 9.96. The van der Waals surface area contributed by atoms with Gasteiger partial charge < -0.3 is 10.2 Å². The van der Waals surface area contributed by atoms with Crippen LogP contribution in [0.2, 0.25) is 0 Å². The third kappa shape index (κ3) is 3.92. The summed E-state index contributed by atoms with van der Waals surface area (Å²) in [6.45, 7) is 9.54. The second-order valence-electron chi connectivity index (χ2n) is 7.80. The molecule has 6 nitrogen and oxygen atoms in total. The molecule has 2 aromatic rings. The van der Waals surface area contributed by atoms with E-state index in [0.29, 0.717) is 0 Å². The van der Waals surface area contributed by atoms with Gasteiger partial charge in [-0.25, -0.2) is 4.68 Å². The van der Waals surface area contributed by atoms with E-state index in [1.165, 1.54) is 16.7 Å². The van der Waals surface area contributed by atoms with Crippen LogP contribution in [0, 0.1) is 13.8 Å². The third-order valence-corrected chi connectivity index (χ3v) is 5.70. The molecule has 2 aliphatic rings. The monoisotopic (exact) mass is 367 g/mol. The van der Waals surface area contributed by atoms with Crippen molar-refractivity contribution >= 4 is 5.91 Å². The fourth-order valence-corrected chi connectivity index (χ4v) is 4.30. The van der Waals surface area contributed by atoms with Crippen molar-refractivity contribution in [2.24, 2.45) is 0 Å². The molecular weight excluding hydrogens is 338 g/mol. The van der Waals surface area contributed by atoms with E-state index in [2.05, 4.69) is 41.3 Å². The Bertz CT molecular complexity index is 795. The molecule has 0 saturated carbocycles. The van der Waals surface area contributed by atoms with E-state index in [-0.39, 0.29) is 11.9 Å². The largest absolute Gasteiger partial charge is 0.341 e. The van der Waals surface area contributed by atoms with Gasteiger partial charge in [-0.05, 0) is 55.5 Å². The molecule has 3 heterocycles. The minimum atomic E-state index is -0.0873. The Morgan fingerprint density at radius 1 is 1.22 bits per heavy atom. The molecule has 0 radical (unpaired) electrons. The first-order valence-corrected chi connectivity index (χ1v) is 9.96. The molecule has 0 bridgehead atoms. The number of hydrogen-bond acceptors (Lipinski definition) is 4. The number of carbonyl (C=O) groups excluding carboxylic acids is 1. The predicted molar refractivity (Wildman–Crippen MR) is 106 cm³/mol. The van der Waals surface area contributed by atoms with Gasteiger partial charge >= 0.3 is 0 Å². The molecule has 0 spiro atoms. The van der Waals surface area contributed by atoms with Crippen LogP contribution >= 0.6 is 0 Å². The summed E-state index contributed by atoms with van der Waals surface area (Å²) in [6, 6.07) is 6.30. The Morgan fingerprint density at radius 3 is 2.78 bits per heavy atom. The average molecular weight is 367 g/mol. The predicted octanol–water partition coefficient (Wildman–Crippen LogP) is 1.89. The van der Waals surface area contributed by atoms with Crippen molar-refractivity contribution in [3.63, 3.8) is 0 Å². The van der Waals surface area contributed by atoms with E-state index in [0.717, 1.165) is 57.8 Å². The summed E-state index contributed by atoms with van der Waals surface area (Å²) in [5.74, 6) is 0.269. The summed E-state index contributed by atoms with van der Waals surface area (Å²) in [7, 11) is 0. The van der Waals surface area contributed by atoms with Gasteiger partial charge in [0.25, 0.3) is 0 Å². The van der Waals surface area contributed by atoms with E-state index in [4.69, 9.17) is 0 Å². The molecule has 27 heavy (non-hydrogen) atoms. The van der Waals surface area contributed by atoms with Crippen LogP contribution in [0.5, 0.6) is 0 Å². The number of rotatable bonds is 4. The van der Waals surface area contributed by atoms with Crippen LogP contribution in [0.3, 0.4) is 0 Å². The summed E-state index contributed by atoms with van der Waals surface area (Å²) in [5.41, 5.74) is 4.95. The Balaban J connectivity index is 1.53. The van der Waals surface area contributed by atoms with Crippen molar-refractivity contribution in [1.82, 2.24) is 24.9 Å². The van der Waals surface area contributed by atoms with Gasteiger partial charge in [-0.1, -0.05) is 6.07 Å². The minimum Gasteiger partial charge on any atom is -0.341 e. The Morgan fingerprint density at radius 2 is 2.04 bits per heavy atom. The first-order chi connectivity index (χ1) is 13.1. The van der Waals surface area contributed by atoms with Crippen LogP contribution in [0.4, 0.5) is 0 Å². The fourth-order valence-electron chi connectivity index (χ4n) is 4.30. The van der Waals surface area contributed by atoms with Gasteiger partial charge in [0.05, 0.1) is 11.7 Å². The molecule has 4 rings (SSSR count). The van der Waals surface area contributed by atoms with E-state index in [1.807, 2.05) is 28.0 Å². The number of aryl methyl sites for hydroxylation is 2. The van der Waals surface area contributed by atoms with E-state index < -0.39 is 0 Å². The Hall–Kier alpha value is -2.18.